The molecule has 0 aliphatic carbocycles. The van der Waals surface area contributed by atoms with E-state index in [1.807, 2.05) is 13.8 Å². The molecule has 1 aromatic rings. The van der Waals surface area contributed by atoms with E-state index in [0.29, 0.717) is 31.0 Å². The van der Waals surface area contributed by atoms with E-state index in [1.165, 1.54) is 21.0 Å². The summed E-state index contributed by atoms with van der Waals surface area (Å²) in [7, 11) is -3.59. The topological polar surface area (TPSA) is 86.8 Å². The van der Waals surface area contributed by atoms with Gasteiger partial charge in [-0.25, -0.2) is 8.42 Å². The van der Waals surface area contributed by atoms with E-state index < -0.39 is 10.0 Å². The molecule has 2 heterocycles. The molecule has 7 nitrogen and oxygen atoms in total. The maximum atomic E-state index is 12.9. The summed E-state index contributed by atoms with van der Waals surface area (Å²) in [6.45, 7) is 4.64. The minimum absolute atomic E-state index is 0.0321. The maximum absolute atomic E-state index is 12.9. The van der Waals surface area contributed by atoms with Crippen molar-refractivity contribution in [2.24, 2.45) is 0 Å². The Balaban J connectivity index is 1.96. The first kappa shape index (κ1) is 20.2. The van der Waals surface area contributed by atoms with Crippen LogP contribution in [-0.4, -0.2) is 56.0 Å². The normalized spacial score (nSPS) is 18.5. The SMILES string of the molecule is CC(C)NC(=O)CN1C(=O)CCSc2ccc(S(=O)(=O)N3CCCC3)cc21. The second kappa shape index (κ2) is 8.20. The van der Waals surface area contributed by atoms with Crippen LogP contribution < -0.4 is 10.2 Å². The van der Waals surface area contributed by atoms with Gasteiger partial charge in [-0.1, -0.05) is 0 Å². The fourth-order valence-electron chi connectivity index (χ4n) is 3.27. The fourth-order valence-corrected chi connectivity index (χ4v) is 5.79. The molecule has 9 heteroatoms. The van der Waals surface area contributed by atoms with E-state index in [9.17, 15) is 18.0 Å². The summed E-state index contributed by atoms with van der Waals surface area (Å²) in [5.74, 6) is 0.173. The summed E-state index contributed by atoms with van der Waals surface area (Å²) >= 11 is 1.51. The Morgan fingerprint density at radius 1 is 1.26 bits per heavy atom. The molecule has 3 rings (SSSR count). The van der Waals surface area contributed by atoms with Gasteiger partial charge in [0.15, 0.2) is 0 Å². The van der Waals surface area contributed by atoms with Gasteiger partial charge in [0.05, 0.1) is 10.6 Å². The molecule has 0 aromatic heterocycles. The molecule has 0 saturated carbocycles. The highest BCUT2D eigenvalue weighted by atomic mass is 32.2. The van der Waals surface area contributed by atoms with Gasteiger partial charge in [-0.3, -0.25) is 9.59 Å². The van der Waals surface area contributed by atoms with Crippen LogP contribution in [0.5, 0.6) is 0 Å². The van der Waals surface area contributed by atoms with Crippen molar-refractivity contribution in [3.05, 3.63) is 18.2 Å². The van der Waals surface area contributed by atoms with Gasteiger partial charge in [-0.2, -0.15) is 4.31 Å². The number of sulfonamides is 1. The van der Waals surface area contributed by atoms with Crippen LogP contribution in [0.1, 0.15) is 33.1 Å². The van der Waals surface area contributed by atoms with E-state index in [-0.39, 0.29) is 29.3 Å². The van der Waals surface area contributed by atoms with Crippen LogP contribution in [0.3, 0.4) is 0 Å². The standard InChI is InChI=1S/C18H25N3O4S2/c1-13(2)19-17(22)12-21-15-11-14(27(24,25)20-8-3-4-9-20)5-6-16(15)26-10-7-18(21)23/h5-6,11,13H,3-4,7-10,12H2,1-2H3,(H,19,22). The smallest absolute Gasteiger partial charge is 0.243 e. The van der Waals surface area contributed by atoms with Crippen molar-refractivity contribution in [3.63, 3.8) is 0 Å². The van der Waals surface area contributed by atoms with Crippen LogP contribution in [0.15, 0.2) is 28.0 Å². The van der Waals surface area contributed by atoms with Gasteiger partial charge < -0.3 is 10.2 Å². The monoisotopic (exact) mass is 411 g/mol. The number of hydrogen-bond donors (Lipinski definition) is 1. The molecule has 0 bridgehead atoms. The quantitative estimate of drug-likeness (QED) is 0.799. The average Bonchev–Trinajstić information content (AvgIpc) is 3.10. The van der Waals surface area contributed by atoms with E-state index in [2.05, 4.69) is 5.32 Å². The average molecular weight is 412 g/mol. The van der Waals surface area contributed by atoms with Gasteiger partial charge in [0, 0.05) is 36.2 Å². The number of thioether (sulfide) groups is 1. The lowest BCUT2D eigenvalue weighted by Gasteiger charge is -2.24. The molecule has 1 saturated heterocycles. The van der Waals surface area contributed by atoms with Gasteiger partial charge in [0.1, 0.15) is 6.54 Å². The van der Waals surface area contributed by atoms with Crippen LogP contribution in [-0.2, 0) is 19.6 Å². The molecule has 0 radical (unpaired) electrons. The molecule has 27 heavy (non-hydrogen) atoms. The first-order valence-corrected chi connectivity index (χ1v) is 11.6. The third-order valence-corrected chi connectivity index (χ3v) is 7.51. The zero-order valence-electron chi connectivity index (χ0n) is 15.6. The molecule has 2 aliphatic rings. The minimum Gasteiger partial charge on any atom is -0.352 e. The molecular weight excluding hydrogens is 386 g/mol. The summed E-state index contributed by atoms with van der Waals surface area (Å²) in [5.41, 5.74) is 0.502. The van der Waals surface area contributed by atoms with Crippen LogP contribution in [0.25, 0.3) is 0 Å². The highest BCUT2D eigenvalue weighted by Crippen LogP contribution is 2.36. The third-order valence-electron chi connectivity index (χ3n) is 4.55. The summed E-state index contributed by atoms with van der Waals surface area (Å²) in [6.07, 6.45) is 2.03. The van der Waals surface area contributed by atoms with Crippen molar-refractivity contribution in [2.45, 2.75) is 48.9 Å². The lowest BCUT2D eigenvalue weighted by Crippen LogP contribution is -2.43. The number of benzene rings is 1. The van der Waals surface area contributed by atoms with Gasteiger partial charge >= 0.3 is 0 Å². The molecule has 0 spiro atoms. The van der Waals surface area contributed by atoms with Crippen molar-refractivity contribution in [2.75, 3.05) is 30.3 Å². The zero-order valence-corrected chi connectivity index (χ0v) is 17.2. The second-order valence-electron chi connectivity index (χ2n) is 7.04. The molecule has 1 fully saturated rings. The Hall–Kier alpha value is -1.58. The number of carbonyl (C=O) groups is 2. The van der Waals surface area contributed by atoms with Crippen molar-refractivity contribution >= 4 is 39.3 Å². The largest absolute Gasteiger partial charge is 0.352 e. The van der Waals surface area contributed by atoms with Gasteiger partial charge in [0.2, 0.25) is 21.8 Å². The van der Waals surface area contributed by atoms with E-state index in [0.717, 1.165) is 17.7 Å². The first-order valence-electron chi connectivity index (χ1n) is 9.16. The Bertz CT molecular complexity index is 833. The second-order valence-corrected chi connectivity index (χ2v) is 10.1. The molecule has 2 aliphatic heterocycles. The van der Waals surface area contributed by atoms with Crippen molar-refractivity contribution in [1.29, 1.82) is 0 Å². The zero-order chi connectivity index (χ0) is 19.6. The number of nitrogens with zero attached hydrogens (tertiary/aromatic N) is 2. The fraction of sp³-hybridized carbons (Fsp3) is 0.556. The van der Waals surface area contributed by atoms with Crippen molar-refractivity contribution < 1.29 is 18.0 Å². The van der Waals surface area contributed by atoms with Crippen LogP contribution in [0.2, 0.25) is 0 Å². The molecule has 2 amide bonds. The number of amides is 2. The number of fused-ring (bicyclic) bond motifs is 1. The maximum Gasteiger partial charge on any atom is 0.243 e. The van der Waals surface area contributed by atoms with E-state index in [1.54, 1.807) is 18.2 Å². The van der Waals surface area contributed by atoms with Gasteiger partial charge in [-0.05, 0) is 44.9 Å². The molecule has 1 aromatic carbocycles. The summed E-state index contributed by atoms with van der Waals surface area (Å²) in [6, 6.07) is 4.86. The predicted molar refractivity (Wildman–Crippen MR) is 105 cm³/mol. The number of carbonyl (C=O) groups excluding carboxylic acids is 2. The summed E-state index contributed by atoms with van der Waals surface area (Å²) < 4.78 is 27.3. The lowest BCUT2D eigenvalue weighted by atomic mass is 10.2. The van der Waals surface area contributed by atoms with Crippen LogP contribution in [0.4, 0.5) is 5.69 Å². The predicted octanol–water partition coefficient (Wildman–Crippen LogP) is 1.82. The number of rotatable bonds is 5. The highest BCUT2D eigenvalue weighted by molar-refractivity contribution is 7.99. The molecule has 148 valence electrons. The molecule has 0 atom stereocenters. The molecule has 0 unspecified atom stereocenters. The van der Waals surface area contributed by atoms with Crippen molar-refractivity contribution in [3.8, 4) is 0 Å². The number of hydrogen-bond acceptors (Lipinski definition) is 5. The van der Waals surface area contributed by atoms with E-state index in [4.69, 9.17) is 0 Å². The highest BCUT2D eigenvalue weighted by Gasteiger charge is 2.30. The number of nitrogens with one attached hydrogen (secondary N) is 1. The van der Waals surface area contributed by atoms with Crippen LogP contribution >= 0.6 is 11.8 Å². The Morgan fingerprint density at radius 2 is 1.96 bits per heavy atom. The number of anilines is 1. The molecular formula is C18H25N3O4S2. The van der Waals surface area contributed by atoms with Gasteiger partial charge in [0.25, 0.3) is 0 Å². The minimum atomic E-state index is -3.59. The third kappa shape index (κ3) is 4.47. The summed E-state index contributed by atoms with van der Waals surface area (Å²) in [4.78, 5) is 27.2. The first-order chi connectivity index (χ1) is 12.8. The molecule has 1 N–H and O–H groups in total. The van der Waals surface area contributed by atoms with E-state index >= 15 is 0 Å². The summed E-state index contributed by atoms with van der Waals surface area (Å²) in [5, 5.41) is 2.79. The Kier molecular flexibility index (Phi) is 6.12. The lowest BCUT2D eigenvalue weighted by molar-refractivity contribution is -0.124. The Morgan fingerprint density at radius 3 is 2.63 bits per heavy atom. The Labute approximate surface area is 164 Å². The van der Waals surface area contributed by atoms with Crippen molar-refractivity contribution in [1.82, 2.24) is 9.62 Å². The van der Waals surface area contributed by atoms with Crippen LogP contribution in [0, 0.1) is 0 Å². The van der Waals surface area contributed by atoms with Gasteiger partial charge in [-0.15, -0.1) is 11.8 Å².